The topological polar surface area (TPSA) is 98.5 Å². The van der Waals surface area contributed by atoms with E-state index in [0.717, 1.165) is 24.4 Å². The van der Waals surface area contributed by atoms with Crippen LogP contribution in [0, 0.1) is 11.3 Å². The fraction of sp³-hybridized carbons (Fsp3) is 0.238. The number of allylic oxidation sites excluding steroid dienone is 4. The summed E-state index contributed by atoms with van der Waals surface area (Å²) in [6, 6.07) is 8.23. The standard InChI is InChI=1S/C21H21N7/c22-13-17(19-10-12-24-21(28-19)26-15-5-1-2-6-15)18-8-3-9-20(27-18)25-16-7-4-11-23-14-16/h3-4,7-12,14-15,25,27H,1-2,5-6H2,(H,24,26,28). The van der Waals surface area contributed by atoms with Gasteiger partial charge in [-0.05, 0) is 43.2 Å². The fourth-order valence-electron chi connectivity index (χ4n) is 3.36. The number of dihydropyridines is 1. The Morgan fingerprint density at radius 1 is 1.21 bits per heavy atom. The maximum atomic E-state index is 9.77. The van der Waals surface area contributed by atoms with Crippen LogP contribution in [0.5, 0.6) is 0 Å². The smallest absolute Gasteiger partial charge is 0.223 e. The van der Waals surface area contributed by atoms with Crippen molar-refractivity contribution >= 4 is 17.2 Å². The molecule has 1 aliphatic carbocycles. The Bertz CT molecular complexity index is 964. The van der Waals surface area contributed by atoms with Crippen molar-refractivity contribution in [2.24, 2.45) is 0 Å². The first-order valence-electron chi connectivity index (χ1n) is 9.38. The van der Waals surface area contributed by atoms with Crippen molar-refractivity contribution in [2.45, 2.75) is 31.7 Å². The van der Waals surface area contributed by atoms with E-state index in [9.17, 15) is 5.26 Å². The number of aromatic nitrogens is 3. The summed E-state index contributed by atoms with van der Waals surface area (Å²) >= 11 is 0. The second-order valence-electron chi connectivity index (χ2n) is 6.72. The second kappa shape index (κ2) is 8.35. The predicted molar refractivity (Wildman–Crippen MR) is 109 cm³/mol. The highest BCUT2D eigenvalue weighted by atomic mass is 15.1. The van der Waals surface area contributed by atoms with Gasteiger partial charge < -0.3 is 16.0 Å². The van der Waals surface area contributed by atoms with Crippen LogP contribution in [0.15, 0.2) is 66.5 Å². The SMILES string of the molecule is N#CC(=C1C=CC=C(Nc2cccnc2)N1)c1ccnc(NC2CCCC2)n1. The van der Waals surface area contributed by atoms with Crippen LogP contribution in [0.1, 0.15) is 31.4 Å². The Morgan fingerprint density at radius 2 is 2.11 bits per heavy atom. The van der Waals surface area contributed by atoms with Crippen molar-refractivity contribution in [2.75, 3.05) is 10.6 Å². The molecule has 1 saturated carbocycles. The zero-order valence-corrected chi connectivity index (χ0v) is 15.4. The number of nitrogens with one attached hydrogen (secondary N) is 3. The third-order valence-electron chi connectivity index (χ3n) is 4.72. The van der Waals surface area contributed by atoms with Crippen LogP contribution < -0.4 is 16.0 Å². The average molecular weight is 371 g/mol. The molecule has 3 heterocycles. The number of nitrogens with zero attached hydrogens (tertiary/aromatic N) is 4. The Hall–Kier alpha value is -3.66. The minimum atomic E-state index is 0.416. The molecule has 0 amide bonds. The van der Waals surface area contributed by atoms with Crippen molar-refractivity contribution in [3.63, 3.8) is 0 Å². The van der Waals surface area contributed by atoms with E-state index >= 15 is 0 Å². The monoisotopic (exact) mass is 371 g/mol. The maximum absolute atomic E-state index is 9.77. The van der Waals surface area contributed by atoms with Crippen LogP contribution in [-0.4, -0.2) is 21.0 Å². The molecule has 28 heavy (non-hydrogen) atoms. The van der Waals surface area contributed by atoms with E-state index in [1.165, 1.54) is 12.8 Å². The van der Waals surface area contributed by atoms with E-state index in [1.807, 2.05) is 30.4 Å². The van der Waals surface area contributed by atoms with Gasteiger partial charge in [0.15, 0.2) is 0 Å². The van der Waals surface area contributed by atoms with E-state index in [2.05, 4.69) is 37.0 Å². The molecule has 2 aromatic rings. The molecule has 1 fully saturated rings. The molecule has 0 unspecified atom stereocenters. The lowest BCUT2D eigenvalue weighted by atomic mass is 10.1. The highest BCUT2D eigenvalue weighted by molar-refractivity contribution is 5.79. The molecule has 0 atom stereocenters. The lowest BCUT2D eigenvalue weighted by Crippen LogP contribution is -2.21. The van der Waals surface area contributed by atoms with Gasteiger partial charge in [0.1, 0.15) is 17.5 Å². The number of hydrogen-bond donors (Lipinski definition) is 3. The highest BCUT2D eigenvalue weighted by Gasteiger charge is 2.17. The van der Waals surface area contributed by atoms with Gasteiger partial charge in [-0.3, -0.25) is 4.98 Å². The summed E-state index contributed by atoms with van der Waals surface area (Å²) < 4.78 is 0. The van der Waals surface area contributed by atoms with Gasteiger partial charge in [-0.15, -0.1) is 0 Å². The minimum absolute atomic E-state index is 0.416. The molecule has 0 saturated heterocycles. The van der Waals surface area contributed by atoms with Crippen LogP contribution >= 0.6 is 0 Å². The first-order valence-corrected chi connectivity index (χ1v) is 9.38. The van der Waals surface area contributed by atoms with Gasteiger partial charge in [-0.25, -0.2) is 9.97 Å². The molecule has 2 aromatic heterocycles. The average Bonchev–Trinajstić information content (AvgIpc) is 3.23. The number of anilines is 2. The number of pyridine rings is 1. The summed E-state index contributed by atoms with van der Waals surface area (Å²) in [5, 5.41) is 19.7. The summed E-state index contributed by atoms with van der Waals surface area (Å²) in [6.07, 6.45) is 15.5. The van der Waals surface area contributed by atoms with Crippen molar-refractivity contribution in [3.8, 4) is 6.07 Å². The molecule has 7 heteroatoms. The fourth-order valence-corrected chi connectivity index (χ4v) is 3.36. The zero-order chi connectivity index (χ0) is 19.2. The first kappa shape index (κ1) is 17.7. The summed E-state index contributed by atoms with van der Waals surface area (Å²) in [7, 11) is 0. The third-order valence-corrected chi connectivity index (χ3v) is 4.72. The van der Waals surface area contributed by atoms with Crippen molar-refractivity contribution in [3.05, 3.63) is 72.2 Å². The van der Waals surface area contributed by atoms with Crippen molar-refractivity contribution in [1.29, 1.82) is 5.26 Å². The molecule has 0 aromatic carbocycles. The van der Waals surface area contributed by atoms with Gasteiger partial charge in [0.25, 0.3) is 0 Å². The Morgan fingerprint density at radius 3 is 2.89 bits per heavy atom. The maximum Gasteiger partial charge on any atom is 0.223 e. The largest absolute Gasteiger partial charge is 0.351 e. The van der Waals surface area contributed by atoms with Gasteiger partial charge in [0.2, 0.25) is 5.95 Å². The quantitative estimate of drug-likeness (QED) is 0.691. The second-order valence-corrected chi connectivity index (χ2v) is 6.72. The molecule has 0 spiro atoms. The Balaban J connectivity index is 1.54. The molecule has 0 radical (unpaired) electrons. The van der Waals surface area contributed by atoms with Crippen LogP contribution in [0.2, 0.25) is 0 Å². The molecule has 0 bridgehead atoms. The first-order chi connectivity index (χ1) is 13.8. The van der Waals surface area contributed by atoms with E-state index < -0.39 is 0 Å². The highest BCUT2D eigenvalue weighted by Crippen LogP contribution is 2.23. The Kier molecular flexibility index (Phi) is 5.29. The van der Waals surface area contributed by atoms with Crippen LogP contribution in [0.4, 0.5) is 11.6 Å². The van der Waals surface area contributed by atoms with Gasteiger partial charge >= 0.3 is 0 Å². The summed E-state index contributed by atoms with van der Waals surface area (Å²) in [5.74, 6) is 1.33. The molecule has 7 nitrogen and oxygen atoms in total. The number of nitriles is 1. The van der Waals surface area contributed by atoms with E-state index in [0.29, 0.717) is 29.0 Å². The van der Waals surface area contributed by atoms with E-state index in [1.54, 1.807) is 24.7 Å². The Labute approximate surface area is 163 Å². The summed E-state index contributed by atoms with van der Waals surface area (Å²) in [5.41, 5.74) is 2.60. The molecule has 140 valence electrons. The van der Waals surface area contributed by atoms with Gasteiger partial charge in [-0.1, -0.05) is 18.9 Å². The third kappa shape index (κ3) is 4.18. The van der Waals surface area contributed by atoms with Crippen LogP contribution in [0.25, 0.3) is 5.57 Å². The van der Waals surface area contributed by atoms with Gasteiger partial charge in [-0.2, -0.15) is 5.26 Å². The molecular formula is C21H21N7. The minimum Gasteiger partial charge on any atom is -0.351 e. The number of hydrogen-bond acceptors (Lipinski definition) is 7. The molecule has 1 aliphatic heterocycles. The van der Waals surface area contributed by atoms with Crippen molar-refractivity contribution in [1.82, 2.24) is 20.3 Å². The van der Waals surface area contributed by atoms with Crippen molar-refractivity contribution < 1.29 is 0 Å². The van der Waals surface area contributed by atoms with Crippen LogP contribution in [-0.2, 0) is 0 Å². The molecule has 2 aliphatic rings. The summed E-state index contributed by atoms with van der Waals surface area (Å²) in [6.45, 7) is 0. The normalized spacial score (nSPS) is 18.0. The van der Waals surface area contributed by atoms with E-state index in [4.69, 9.17) is 0 Å². The van der Waals surface area contributed by atoms with Gasteiger partial charge in [0.05, 0.1) is 23.3 Å². The zero-order valence-electron chi connectivity index (χ0n) is 15.4. The lowest BCUT2D eigenvalue weighted by Gasteiger charge is -2.18. The number of rotatable bonds is 5. The molecule has 3 N–H and O–H groups in total. The van der Waals surface area contributed by atoms with E-state index in [-0.39, 0.29) is 0 Å². The lowest BCUT2D eigenvalue weighted by molar-refractivity contribution is 0.743. The molecule has 4 rings (SSSR count). The van der Waals surface area contributed by atoms with Gasteiger partial charge in [0, 0.05) is 18.4 Å². The molecular weight excluding hydrogens is 350 g/mol. The predicted octanol–water partition coefficient (Wildman–Crippen LogP) is 3.57. The summed E-state index contributed by atoms with van der Waals surface area (Å²) in [4.78, 5) is 13.0. The van der Waals surface area contributed by atoms with Crippen LogP contribution in [0.3, 0.4) is 0 Å².